The quantitative estimate of drug-likeness (QED) is 0.341. The van der Waals surface area contributed by atoms with Crippen molar-refractivity contribution in [1.82, 2.24) is 19.5 Å². The van der Waals surface area contributed by atoms with Gasteiger partial charge in [-0.25, -0.2) is 9.37 Å². The molecule has 0 amide bonds. The topological polar surface area (TPSA) is 102 Å². The van der Waals surface area contributed by atoms with Crippen LogP contribution in [-0.2, 0) is 4.79 Å². The highest BCUT2D eigenvalue weighted by Gasteiger charge is 2.40. The van der Waals surface area contributed by atoms with Crippen LogP contribution < -0.4 is 15.8 Å². The lowest BCUT2D eigenvalue weighted by molar-refractivity contribution is -0.148. The summed E-state index contributed by atoms with van der Waals surface area (Å²) in [5.74, 6) is -0.678. The second-order valence-corrected chi connectivity index (χ2v) is 10.4. The van der Waals surface area contributed by atoms with Gasteiger partial charge < -0.3 is 19.7 Å². The number of halogens is 3. The number of imidazole rings is 1. The average molecular weight is 535 g/mol. The molecule has 4 aromatic rings. The molecule has 2 aromatic heterocycles. The molecule has 0 spiro atoms. The molecule has 0 radical (unpaired) electrons. The van der Waals surface area contributed by atoms with Crippen LogP contribution in [0.25, 0.3) is 22.2 Å². The molecule has 1 unspecified atom stereocenters. The van der Waals surface area contributed by atoms with E-state index in [1.165, 1.54) is 12.1 Å². The summed E-state index contributed by atoms with van der Waals surface area (Å²) >= 11 is 0. The highest BCUT2D eigenvalue weighted by molar-refractivity contribution is 6.71. The minimum Gasteiger partial charge on any atom is -0.481 e. The third-order valence-electron chi connectivity index (χ3n) is 7.99. The van der Waals surface area contributed by atoms with Crippen molar-refractivity contribution in [1.29, 1.82) is 0 Å². The number of carboxylic acid groups (broad SMARTS) is 1. The molecule has 1 fully saturated rings. The molecule has 2 N–H and O–H groups in total. The number of carboxylic acids is 1. The van der Waals surface area contributed by atoms with Crippen molar-refractivity contribution in [3.8, 4) is 16.9 Å². The summed E-state index contributed by atoms with van der Waals surface area (Å²) in [6.07, 6.45) is 5.62. The van der Waals surface area contributed by atoms with Gasteiger partial charge in [-0.05, 0) is 31.9 Å². The molecule has 200 valence electrons. The third kappa shape index (κ3) is 4.47. The molecule has 6 rings (SSSR count). The van der Waals surface area contributed by atoms with Gasteiger partial charge in [0.05, 0.1) is 28.2 Å². The highest BCUT2D eigenvalue weighted by Crippen LogP contribution is 2.40. The molecule has 1 atom stereocenters. The molecule has 4 heterocycles. The van der Waals surface area contributed by atoms with E-state index >= 15 is 4.39 Å². The van der Waals surface area contributed by atoms with Gasteiger partial charge in [-0.15, -0.1) is 0 Å². The van der Waals surface area contributed by atoms with Gasteiger partial charge >= 0.3 is 12.6 Å². The molecular weight excluding hydrogens is 510 g/mol. The van der Waals surface area contributed by atoms with E-state index in [0.29, 0.717) is 71.4 Å². The number of fused-ring (bicyclic) bond motifs is 3. The van der Waals surface area contributed by atoms with E-state index in [2.05, 4.69) is 20.3 Å². The normalized spacial score (nSPS) is 18.3. The highest BCUT2D eigenvalue weighted by atomic mass is 19.3. The molecule has 0 saturated carbocycles. The van der Waals surface area contributed by atoms with Gasteiger partial charge in [0.1, 0.15) is 11.6 Å². The second kappa shape index (κ2) is 9.58. The fourth-order valence-corrected chi connectivity index (χ4v) is 5.68. The number of carbonyl (C=O) groups is 1. The van der Waals surface area contributed by atoms with Crippen LogP contribution in [0.5, 0.6) is 5.75 Å². The first-order valence-corrected chi connectivity index (χ1v) is 12.8. The third-order valence-corrected chi connectivity index (χ3v) is 7.99. The lowest BCUT2D eigenvalue weighted by Crippen LogP contribution is -2.43. The minimum atomic E-state index is -2.96. The molecule has 0 aliphatic carbocycles. The SMILES string of the molecule is CC1(C(=O)O)CCB(c2ncc(-c3cc4c(cc3F)nc3n4C(c4ccccc4OC(F)F)CN3)cn2)CC1. The number of aromatic nitrogens is 4. The van der Waals surface area contributed by atoms with Crippen LogP contribution in [0.4, 0.5) is 19.1 Å². The van der Waals surface area contributed by atoms with Gasteiger partial charge in [-0.3, -0.25) is 14.8 Å². The van der Waals surface area contributed by atoms with E-state index in [0.717, 1.165) is 0 Å². The van der Waals surface area contributed by atoms with Gasteiger partial charge in [0.2, 0.25) is 12.7 Å². The van der Waals surface area contributed by atoms with Crippen LogP contribution in [0.1, 0.15) is 31.4 Å². The number of ether oxygens (including phenoxy) is 1. The summed E-state index contributed by atoms with van der Waals surface area (Å²) in [7, 11) is 0. The summed E-state index contributed by atoms with van der Waals surface area (Å²) in [5, 5.41) is 12.7. The molecule has 39 heavy (non-hydrogen) atoms. The number of benzene rings is 2. The Bertz CT molecular complexity index is 1550. The Hall–Kier alpha value is -4.09. The molecule has 2 aromatic carbocycles. The summed E-state index contributed by atoms with van der Waals surface area (Å²) < 4.78 is 47.9. The molecule has 1 saturated heterocycles. The number of hydrogen-bond acceptors (Lipinski definition) is 6. The first-order chi connectivity index (χ1) is 18.7. The molecule has 0 bridgehead atoms. The number of anilines is 1. The zero-order valence-corrected chi connectivity index (χ0v) is 21.1. The van der Waals surface area contributed by atoms with E-state index in [1.807, 2.05) is 4.57 Å². The van der Waals surface area contributed by atoms with Gasteiger partial charge in [-0.1, -0.05) is 30.8 Å². The monoisotopic (exact) mass is 535 g/mol. The van der Waals surface area contributed by atoms with Crippen molar-refractivity contribution in [3.05, 3.63) is 60.2 Å². The number of alkyl halides is 2. The van der Waals surface area contributed by atoms with E-state index in [4.69, 9.17) is 4.74 Å². The van der Waals surface area contributed by atoms with Crippen LogP contribution in [-0.4, -0.2) is 50.5 Å². The maximum absolute atomic E-state index is 15.2. The molecule has 2 aliphatic heterocycles. The predicted octanol–water partition coefficient (Wildman–Crippen LogP) is 4.84. The number of aliphatic carboxylic acids is 1. The van der Waals surface area contributed by atoms with Crippen molar-refractivity contribution in [2.45, 2.75) is 45.1 Å². The Morgan fingerprint density at radius 3 is 2.62 bits per heavy atom. The first kappa shape index (κ1) is 25.2. The largest absolute Gasteiger partial charge is 0.481 e. The molecule has 12 heteroatoms. The smallest absolute Gasteiger partial charge is 0.387 e. The number of para-hydroxylation sites is 1. The van der Waals surface area contributed by atoms with Crippen LogP contribution >= 0.6 is 0 Å². The van der Waals surface area contributed by atoms with Gasteiger partial charge in [0.15, 0.2) is 0 Å². The predicted molar refractivity (Wildman–Crippen MR) is 140 cm³/mol. The van der Waals surface area contributed by atoms with Crippen molar-refractivity contribution in [2.75, 3.05) is 11.9 Å². The second-order valence-electron chi connectivity index (χ2n) is 10.4. The Morgan fingerprint density at radius 1 is 1.21 bits per heavy atom. The minimum absolute atomic E-state index is 0.0549. The lowest BCUT2D eigenvalue weighted by Gasteiger charge is -2.31. The molecular formula is C27H25BF3N5O3. The average Bonchev–Trinajstić information content (AvgIpc) is 3.48. The van der Waals surface area contributed by atoms with Crippen molar-refractivity contribution < 1.29 is 27.8 Å². The summed E-state index contributed by atoms with van der Waals surface area (Å²) in [6.45, 7) is -0.723. The number of hydrogen-bond donors (Lipinski definition) is 2. The fourth-order valence-electron chi connectivity index (χ4n) is 5.68. The maximum Gasteiger partial charge on any atom is 0.387 e. The maximum atomic E-state index is 15.2. The summed E-state index contributed by atoms with van der Waals surface area (Å²) in [6, 6.07) is 9.24. The lowest BCUT2D eigenvalue weighted by atomic mass is 9.38. The van der Waals surface area contributed by atoms with Gasteiger partial charge in [0.25, 0.3) is 0 Å². The number of nitrogens with one attached hydrogen (secondary N) is 1. The van der Waals surface area contributed by atoms with Gasteiger partial charge in [-0.2, -0.15) is 8.78 Å². The number of nitrogens with zero attached hydrogens (tertiary/aromatic N) is 4. The summed E-state index contributed by atoms with van der Waals surface area (Å²) in [4.78, 5) is 25.1. The number of rotatable bonds is 6. The Kier molecular flexibility index (Phi) is 6.20. The Morgan fingerprint density at radius 2 is 1.92 bits per heavy atom. The van der Waals surface area contributed by atoms with E-state index in [9.17, 15) is 18.7 Å². The van der Waals surface area contributed by atoms with Crippen molar-refractivity contribution in [3.63, 3.8) is 0 Å². The van der Waals surface area contributed by atoms with Crippen molar-refractivity contribution in [2.24, 2.45) is 5.41 Å². The van der Waals surface area contributed by atoms with Crippen LogP contribution in [0.15, 0.2) is 48.8 Å². The van der Waals surface area contributed by atoms with E-state index < -0.39 is 23.8 Å². The first-order valence-electron chi connectivity index (χ1n) is 12.8. The van der Waals surface area contributed by atoms with Crippen LogP contribution in [0.3, 0.4) is 0 Å². The van der Waals surface area contributed by atoms with Crippen LogP contribution in [0.2, 0.25) is 12.6 Å². The zero-order chi connectivity index (χ0) is 27.3. The fraction of sp³-hybridized carbons (Fsp3) is 0.333. The molecule has 8 nitrogen and oxygen atoms in total. The molecule has 2 aliphatic rings. The Labute approximate surface area is 222 Å². The van der Waals surface area contributed by atoms with E-state index in [-0.39, 0.29) is 18.5 Å². The standard InChI is InChI=1S/C27H25BF3N5O3/c1-27(23(37)38)6-8-28(9-7-27)24-32-12-15(13-33-24)17-10-20-19(11-18(17)29)35-26-34-14-21(36(20)26)16-4-2-3-5-22(16)39-25(30)31/h2-5,10-13,21,25H,6-9,14H2,1H3,(H,34,35)(H,37,38). The van der Waals surface area contributed by atoms with Gasteiger partial charge in [0, 0.05) is 41.7 Å². The van der Waals surface area contributed by atoms with E-state index in [1.54, 1.807) is 43.6 Å². The zero-order valence-electron chi connectivity index (χ0n) is 21.1. The Balaban J connectivity index is 1.32. The van der Waals surface area contributed by atoms with Crippen LogP contribution in [0, 0.1) is 11.2 Å². The summed E-state index contributed by atoms with van der Waals surface area (Å²) in [5.41, 5.74) is 2.31. The van der Waals surface area contributed by atoms with Crippen molar-refractivity contribution >= 4 is 35.4 Å².